The average Bonchev–Trinajstić information content (AvgIpc) is 2.60. The number of amides is 1. The van der Waals surface area contributed by atoms with Gasteiger partial charge >= 0.3 is 0 Å². The maximum absolute atomic E-state index is 12.2. The minimum absolute atomic E-state index is 0.0454. The number of nitriles is 1. The third-order valence-electron chi connectivity index (χ3n) is 3.71. The molecule has 1 aromatic heterocycles. The predicted molar refractivity (Wildman–Crippen MR) is 91.6 cm³/mol. The van der Waals surface area contributed by atoms with Crippen molar-refractivity contribution in [2.75, 3.05) is 5.32 Å². The molecule has 0 aliphatic rings. The highest BCUT2D eigenvalue weighted by atomic mass is 16.1. The third kappa shape index (κ3) is 4.52. The first-order valence-electron chi connectivity index (χ1n) is 7.57. The lowest BCUT2D eigenvalue weighted by atomic mass is 9.98. The maximum atomic E-state index is 12.2. The van der Waals surface area contributed by atoms with Gasteiger partial charge in [0.05, 0.1) is 0 Å². The first-order valence-corrected chi connectivity index (χ1v) is 7.57. The van der Waals surface area contributed by atoms with Crippen LogP contribution >= 0.6 is 0 Å². The summed E-state index contributed by atoms with van der Waals surface area (Å²) in [5, 5.41) is 11.9. The SMILES string of the molecule is CC[C@H](C)c1ccc(NC(=O)/C(C#N)=C/c2cccnc2)cc1. The zero-order valence-electron chi connectivity index (χ0n) is 13.3. The van der Waals surface area contributed by atoms with Crippen LogP contribution in [0.15, 0.2) is 54.4 Å². The molecule has 0 spiro atoms. The van der Waals surface area contributed by atoms with Crippen LogP contribution in [0.3, 0.4) is 0 Å². The highest BCUT2D eigenvalue weighted by Crippen LogP contribution is 2.20. The number of nitrogens with zero attached hydrogens (tertiary/aromatic N) is 2. The van der Waals surface area contributed by atoms with Crippen molar-refractivity contribution in [1.82, 2.24) is 4.98 Å². The Kier molecular flexibility index (Phi) is 5.65. The molecule has 4 heteroatoms. The highest BCUT2D eigenvalue weighted by Gasteiger charge is 2.10. The molecule has 0 radical (unpaired) electrons. The third-order valence-corrected chi connectivity index (χ3v) is 3.71. The Labute approximate surface area is 136 Å². The molecule has 1 atom stereocenters. The molecule has 116 valence electrons. The number of anilines is 1. The summed E-state index contributed by atoms with van der Waals surface area (Å²) in [7, 11) is 0. The van der Waals surface area contributed by atoms with Crippen molar-refractivity contribution in [1.29, 1.82) is 5.26 Å². The van der Waals surface area contributed by atoms with Crippen molar-refractivity contribution in [2.24, 2.45) is 0 Å². The van der Waals surface area contributed by atoms with Crippen LogP contribution in [0.1, 0.15) is 37.3 Å². The molecule has 2 rings (SSSR count). The molecule has 0 unspecified atom stereocenters. The van der Waals surface area contributed by atoms with E-state index in [1.54, 1.807) is 24.5 Å². The first-order chi connectivity index (χ1) is 11.1. The van der Waals surface area contributed by atoms with Crippen LogP contribution in [0.4, 0.5) is 5.69 Å². The Balaban J connectivity index is 2.11. The van der Waals surface area contributed by atoms with Crippen molar-refractivity contribution in [3.8, 4) is 6.07 Å². The molecular weight excluding hydrogens is 286 g/mol. The first kappa shape index (κ1) is 16.4. The van der Waals surface area contributed by atoms with Crippen LogP contribution < -0.4 is 5.32 Å². The minimum Gasteiger partial charge on any atom is -0.321 e. The minimum atomic E-state index is -0.423. The topological polar surface area (TPSA) is 65.8 Å². The average molecular weight is 305 g/mol. The lowest BCUT2D eigenvalue weighted by Crippen LogP contribution is -2.13. The van der Waals surface area contributed by atoms with Crippen LogP contribution in [-0.2, 0) is 4.79 Å². The van der Waals surface area contributed by atoms with Crippen LogP contribution in [-0.4, -0.2) is 10.9 Å². The van der Waals surface area contributed by atoms with Gasteiger partial charge in [0.15, 0.2) is 0 Å². The Morgan fingerprint density at radius 1 is 1.35 bits per heavy atom. The molecule has 0 fully saturated rings. The molecule has 2 aromatic rings. The molecule has 0 saturated carbocycles. The van der Waals surface area contributed by atoms with Gasteiger partial charge in [0.1, 0.15) is 11.6 Å². The fourth-order valence-electron chi connectivity index (χ4n) is 2.11. The molecule has 4 nitrogen and oxygen atoms in total. The van der Waals surface area contributed by atoms with Gasteiger partial charge in [-0.1, -0.05) is 32.0 Å². The van der Waals surface area contributed by atoms with Gasteiger partial charge in [0, 0.05) is 18.1 Å². The molecule has 0 bridgehead atoms. The lowest BCUT2D eigenvalue weighted by molar-refractivity contribution is -0.112. The van der Waals surface area contributed by atoms with Crippen molar-refractivity contribution < 1.29 is 4.79 Å². The molecule has 0 saturated heterocycles. The van der Waals surface area contributed by atoms with E-state index in [0.717, 1.165) is 6.42 Å². The normalized spacial score (nSPS) is 12.3. The van der Waals surface area contributed by atoms with Gasteiger partial charge in [-0.05, 0) is 47.7 Å². The van der Waals surface area contributed by atoms with Crippen LogP contribution in [0.25, 0.3) is 6.08 Å². The van der Waals surface area contributed by atoms with E-state index in [4.69, 9.17) is 0 Å². The number of carbonyl (C=O) groups is 1. The van der Waals surface area contributed by atoms with E-state index >= 15 is 0 Å². The van der Waals surface area contributed by atoms with Crippen LogP contribution in [0.2, 0.25) is 0 Å². The highest BCUT2D eigenvalue weighted by molar-refractivity contribution is 6.09. The number of nitrogens with one attached hydrogen (secondary N) is 1. The fourth-order valence-corrected chi connectivity index (χ4v) is 2.11. The number of benzene rings is 1. The van der Waals surface area contributed by atoms with E-state index in [1.165, 1.54) is 11.6 Å². The number of hydrogen-bond donors (Lipinski definition) is 1. The number of rotatable bonds is 5. The molecule has 0 aliphatic carbocycles. The molecule has 1 N–H and O–H groups in total. The Morgan fingerprint density at radius 2 is 2.09 bits per heavy atom. The van der Waals surface area contributed by atoms with Crippen LogP contribution in [0.5, 0.6) is 0 Å². The van der Waals surface area contributed by atoms with E-state index in [2.05, 4.69) is 24.1 Å². The van der Waals surface area contributed by atoms with Crippen molar-refractivity contribution in [3.63, 3.8) is 0 Å². The van der Waals surface area contributed by atoms with Gasteiger partial charge in [0.25, 0.3) is 5.91 Å². The van der Waals surface area contributed by atoms with Crippen molar-refractivity contribution in [2.45, 2.75) is 26.2 Å². The van der Waals surface area contributed by atoms with E-state index < -0.39 is 5.91 Å². The second kappa shape index (κ2) is 7.90. The molecule has 1 aromatic carbocycles. The van der Waals surface area contributed by atoms with E-state index in [0.29, 0.717) is 17.2 Å². The number of aromatic nitrogens is 1. The second-order valence-corrected chi connectivity index (χ2v) is 5.34. The quantitative estimate of drug-likeness (QED) is 0.667. The smallest absolute Gasteiger partial charge is 0.266 e. The number of carbonyl (C=O) groups excluding carboxylic acids is 1. The fraction of sp³-hybridized carbons (Fsp3) is 0.211. The molecule has 23 heavy (non-hydrogen) atoms. The second-order valence-electron chi connectivity index (χ2n) is 5.34. The van der Waals surface area contributed by atoms with Gasteiger partial charge < -0.3 is 5.32 Å². The van der Waals surface area contributed by atoms with Crippen LogP contribution in [0, 0.1) is 11.3 Å². The van der Waals surface area contributed by atoms with Crippen molar-refractivity contribution in [3.05, 3.63) is 65.5 Å². The summed E-state index contributed by atoms with van der Waals surface area (Å²) in [6, 6.07) is 13.2. The molecule has 1 amide bonds. The summed E-state index contributed by atoms with van der Waals surface area (Å²) >= 11 is 0. The standard InChI is InChI=1S/C19H19N3O/c1-3-14(2)16-6-8-18(9-7-16)22-19(23)17(12-20)11-15-5-4-10-21-13-15/h4-11,13-14H,3H2,1-2H3,(H,22,23)/b17-11+/t14-/m0/s1. The van der Waals surface area contributed by atoms with E-state index in [9.17, 15) is 10.1 Å². The summed E-state index contributed by atoms with van der Waals surface area (Å²) in [4.78, 5) is 16.2. The summed E-state index contributed by atoms with van der Waals surface area (Å²) in [6.45, 7) is 4.31. The number of pyridine rings is 1. The van der Waals surface area contributed by atoms with Gasteiger partial charge in [-0.3, -0.25) is 9.78 Å². The van der Waals surface area contributed by atoms with E-state index in [1.807, 2.05) is 30.3 Å². The van der Waals surface area contributed by atoms with Gasteiger partial charge in [-0.2, -0.15) is 5.26 Å². The Hall–Kier alpha value is -2.93. The monoisotopic (exact) mass is 305 g/mol. The van der Waals surface area contributed by atoms with Gasteiger partial charge in [-0.25, -0.2) is 0 Å². The Bertz CT molecular complexity index is 727. The zero-order chi connectivity index (χ0) is 16.7. The van der Waals surface area contributed by atoms with E-state index in [-0.39, 0.29) is 5.57 Å². The summed E-state index contributed by atoms with van der Waals surface area (Å²) in [5.41, 5.74) is 2.67. The lowest BCUT2D eigenvalue weighted by Gasteiger charge is -2.10. The zero-order valence-corrected chi connectivity index (χ0v) is 13.3. The molecule has 1 heterocycles. The number of hydrogen-bond acceptors (Lipinski definition) is 3. The summed E-state index contributed by atoms with van der Waals surface area (Å²) in [5.74, 6) is 0.0625. The maximum Gasteiger partial charge on any atom is 0.266 e. The summed E-state index contributed by atoms with van der Waals surface area (Å²) < 4.78 is 0. The van der Waals surface area contributed by atoms with Gasteiger partial charge in [-0.15, -0.1) is 0 Å². The Morgan fingerprint density at radius 3 is 2.65 bits per heavy atom. The predicted octanol–water partition coefficient (Wildman–Crippen LogP) is 4.14. The van der Waals surface area contributed by atoms with Gasteiger partial charge in [0.2, 0.25) is 0 Å². The largest absolute Gasteiger partial charge is 0.321 e. The summed E-state index contributed by atoms with van der Waals surface area (Å²) in [6.07, 6.45) is 5.84. The molecule has 0 aliphatic heterocycles. The molecular formula is C19H19N3O. The van der Waals surface area contributed by atoms with Crippen molar-refractivity contribution >= 4 is 17.7 Å².